The first-order valence-electron chi connectivity index (χ1n) is 11.9. The number of amidine groups is 1. The number of nitrogens with two attached hydrogens (primary N) is 1. The summed E-state index contributed by atoms with van der Waals surface area (Å²) in [7, 11) is 0. The van der Waals surface area contributed by atoms with Gasteiger partial charge in [0.2, 0.25) is 5.91 Å². The average molecular weight is 418 g/mol. The van der Waals surface area contributed by atoms with E-state index in [4.69, 9.17) is 11.1 Å². The molecule has 0 unspecified atom stereocenters. The fraction of sp³-hybridized carbons (Fsp3) is 0.481. The van der Waals surface area contributed by atoms with E-state index in [2.05, 4.69) is 59.5 Å². The number of hydrogen-bond donors (Lipinski definition) is 2. The first-order chi connectivity index (χ1) is 15.1. The van der Waals surface area contributed by atoms with Crippen LogP contribution < -0.4 is 5.73 Å². The molecule has 1 saturated heterocycles. The summed E-state index contributed by atoms with van der Waals surface area (Å²) in [5.74, 6) is 1.03. The van der Waals surface area contributed by atoms with Crippen molar-refractivity contribution in [1.82, 2.24) is 4.90 Å². The van der Waals surface area contributed by atoms with E-state index >= 15 is 0 Å². The third-order valence-corrected chi connectivity index (χ3v) is 7.11. The van der Waals surface area contributed by atoms with E-state index in [0.29, 0.717) is 24.3 Å². The lowest BCUT2D eigenvalue weighted by molar-refractivity contribution is -0.132. The third-order valence-electron chi connectivity index (χ3n) is 7.11. The summed E-state index contributed by atoms with van der Waals surface area (Å²) in [5.41, 5.74) is 9.73. The summed E-state index contributed by atoms with van der Waals surface area (Å²) in [6.45, 7) is 0.882. The number of fused-ring (bicyclic) bond motifs is 3. The first kappa shape index (κ1) is 21.6. The Morgan fingerprint density at radius 3 is 2.55 bits per heavy atom. The molecule has 31 heavy (non-hydrogen) atoms. The zero-order valence-electron chi connectivity index (χ0n) is 18.4. The molecule has 2 aromatic rings. The van der Waals surface area contributed by atoms with Crippen LogP contribution in [0.25, 0.3) is 0 Å². The third kappa shape index (κ3) is 5.00. The molecule has 2 aromatic carbocycles. The number of benzene rings is 2. The van der Waals surface area contributed by atoms with Gasteiger partial charge >= 0.3 is 0 Å². The number of rotatable bonds is 11. The maximum Gasteiger partial charge on any atom is 0.226 e. The Bertz CT molecular complexity index is 894. The number of nitrogens with one attached hydrogen (secondary N) is 1. The molecule has 0 bridgehead atoms. The normalized spacial score (nSPS) is 21.9. The molecule has 0 radical (unpaired) electrons. The number of unbranched alkanes of at least 4 members (excludes halogenated alkanes) is 3. The molecule has 4 heteroatoms. The van der Waals surface area contributed by atoms with Crippen molar-refractivity contribution in [3.05, 3.63) is 71.3 Å². The summed E-state index contributed by atoms with van der Waals surface area (Å²) in [4.78, 5) is 15.6. The molecular weight excluding hydrogens is 382 g/mol. The zero-order valence-corrected chi connectivity index (χ0v) is 18.4. The van der Waals surface area contributed by atoms with Crippen LogP contribution in [0.5, 0.6) is 0 Å². The van der Waals surface area contributed by atoms with Crippen LogP contribution in [-0.2, 0) is 17.6 Å². The summed E-state index contributed by atoms with van der Waals surface area (Å²) >= 11 is 0. The van der Waals surface area contributed by atoms with Crippen molar-refractivity contribution in [2.75, 3.05) is 6.54 Å². The summed E-state index contributed by atoms with van der Waals surface area (Å²) in [6.07, 6.45) is 8.94. The predicted octanol–water partition coefficient (Wildman–Crippen LogP) is 5.06. The predicted molar refractivity (Wildman–Crippen MR) is 126 cm³/mol. The Morgan fingerprint density at radius 2 is 1.74 bits per heavy atom. The smallest absolute Gasteiger partial charge is 0.226 e. The van der Waals surface area contributed by atoms with Gasteiger partial charge in [-0.1, -0.05) is 67.4 Å². The molecule has 0 aromatic heterocycles. The summed E-state index contributed by atoms with van der Waals surface area (Å²) < 4.78 is 0. The van der Waals surface area contributed by atoms with E-state index in [0.717, 1.165) is 51.5 Å². The summed E-state index contributed by atoms with van der Waals surface area (Å²) in [6, 6.07) is 19.7. The van der Waals surface area contributed by atoms with Crippen LogP contribution in [0.3, 0.4) is 0 Å². The number of carbonyl (C=O) groups excluding carboxylic acids is 1. The minimum Gasteiger partial charge on any atom is -0.388 e. The van der Waals surface area contributed by atoms with E-state index in [-0.39, 0.29) is 11.8 Å². The number of carbonyl (C=O) groups is 1. The Morgan fingerprint density at radius 1 is 0.968 bits per heavy atom. The largest absolute Gasteiger partial charge is 0.388 e. The van der Waals surface area contributed by atoms with Gasteiger partial charge in [-0.25, -0.2) is 0 Å². The molecule has 0 spiro atoms. The van der Waals surface area contributed by atoms with Gasteiger partial charge in [-0.15, -0.1) is 0 Å². The lowest BCUT2D eigenvalue weighted by atomic mass is 9.84. The molecule has 1 fully saturated rings. The van der Waals surface area contributed by atoms with Crippen molar-refractivity contribution in [3.63, 3.8) is 0 Å². The maximum absolute atomic E-state index is 13.4. The van der Waals surface area contributed by atoms with Crippen LogP contribution >= 0.6 is 0 Å². The monoisotopic (exact) mass is 417 g/mol. The molecule has 4 nitrogen and oxygen atoms in total. The molecule has 0 saturated carbocycles. The maximum atomic E-state index is 13.4. The van der Waals surface area contributed by atoms with E-state index < -0.39 is 0 Å². The number of aryl methyl sites for hydroxylation is 1. The van der Waals surface area contributed by atoms with Crippen LogP contribution in [0.1, 0.15) is 67.6 Å². The van der Waals surface area contributed by atoms with Gasteiger partial charge in [-0.3, -0.25) is 10.2 Å². The molecule has 3 N–H and O–H groups in total. The topological polar surface area (TPSA) is 70.2 Å². The SMILES string of the molecule is N=C(N)CCCC[C@@H]1C(=O)N(CCCCCc2ccccc2)[C@@H]2Cc3ccccc3[C@@H]12. The second kappa shape index (κ2) is 10.1. The van der Waals surface area contributed by atoms with Crippen LogP contribution in [-0.4, -0.2) is 29.2 Å². The number of hydrogen-bond acceptors (Lipinski definition) is 2. The summed E-state index contributed by atoms with van der Waals surface area (Å²) in [5, 5.41) is 7.44. The van der Waals surface area contributed by atoms with Crippen LogP contribution in [0.2, 0.25) is 0 Å². The van der Waals surface area contributed by atoms with Crippen molar-refractivity contribution in [1.29, 1.82) is 5.41 Å². The molecule has 4 rings (SSSR count). The number of likely N-dealkylation sites (tertiary alicyclic amines) is 1. The zero-order chi connectivity index (χ0) is 21.6. The Hall–Kier alpha value is -2.62. The standard InChI is InChI=1S/C27H35N3O/c28-25(29)17-9-8-16-23-26-22-15-7-6-14-21(22)19-24(26)30(27(23)31)18-10-2-5-13-20-11-3-1-4-12-20/h1,3-4,6-7,11-12,14-15,23-24,26H,2,5,8-10,13,16-19H2,(H3,28,29)/t23-,24+,26-/m0/s1. The highest BCUT2D eigenvalue weighted by Gasteiger charge is 2.51. The molecule has 1 aliphatic heterocycles. The highest BCUT2D eigenvalue weighted by Crippen LogP contribution is 2.48. The lowest BCUT2D eigenvalue weighted by Crippen LogP contribution is -2.35. The van der Waals surface area contributed by atoms with Crippen molar-refractivity contribution < 1.29 is 4.79 Å². The number of nitrogens with zero attached hydrogens (tertiary/aromatic N) is 1. The minimum atomic E-state index is 0.0879. The second-order valence-electron chi connectivity index (χ2n) is 9.20. The molecule has 1 heterocycles. The molecule has 164 valence electrons. The van der Waals surface area contributed by atoms with Gasteiger partial charge < -0.3 is 10.6 Å². The van der Waals surface area contributed by atoms with Crippen molar-refractivity contribution >= 4 is 11.7 Å². The van der Waals surface area contributed by atoms with E-state index in [1.807, 2.05) is 0 Å². The van der Waals surface area contributed by atoms with Gasteiger partial charge in [-0.05, 0) is 55.2 Å². The average Bonchev–Trinajstić information content (AvgIpc) is 3.26. The molecule has 2 aliphatic rings. The van der Waals surface area contributed by atoms with E-state index in [1.54, 1.807) is 0 Å². The van der Waals surface area contributed by atoms with Gasteiger partial charge in [0.25, 0.3) is 0 Å². The highest BCUT2D eigenvalue weighted by atomic mass is 16.2. The Labute approximate surface area is 186 Å². The fourth-order valence-corrected chi connectivity index (χ4v) is 5.62. The lowest BCUT2D eigenvalue weighted by Gasteiger charge is -2.24. The fourth-order valence-electron chi connectivity index (χ4n) is 5.62. The first-order valence-corrected chi connectivity index (χ1v) is 11.9. The van der Waals surface area contributed by atoms with Crippen molar-refractivity contribution in [3.8, 4) is 0 Å². The van der Waals surface area contributed by atoms with E-state index in [9.17, 15) is 4.79 Å². The van der Waals surface area contributed by atoms with Crippen molar-refractivity contribution in [2.24, 2.45) is 11.7 Å². The van der Waals surface area contributed by atoms with Crippen LogP contribution in [0, 0.1) is 11.3 Å². The van der Waals surface area contributed by atoms with Gasteiger partial charge in [0.05, 0.1) is 5.84 Å². The Kier molecular flexibility index (Phi) is 7.06. The minimum absolute atomic E-state index is 0.0879. The molecular formula is C27H35N3O. The highest BCUT2D eigenvalue weighted by molar-refractivity contribution is 5.84. The van der Waals surface area contributed by atoms with Crippen molar-refractivity contribution in [2.45, 2.75) is 69.7 Å². The van der Waals surface area contributed by atoms with Gasteiger partial charge in [0, 0.05) is 30.8 Å². The van der Waals surface area contributed by atoms with Gasteiger partial charge in [0.15, 0.2) is 0 Å². The number of amides is 1. The Balaban J connectivity index is 1.35. The van der Waals surface area contributed by atoms with Gasteiger partial charge in [0.1, 0.15) is 0 Å². The van der Waals surface area contributed by atoms with Crippen LogP contribution in [0.15, 0.2) is 54.6 Å². The quantitative estimate of drug-likeness (QED) is 0.305. The van der Waals surface area contributed by atoms with E-state index in [1.165, 1.54) is 23.1 Å². The molecule has 3 atom stereocenters. The molecule has 1 amide bonds. The molecule has 1 aliphatic carbocycles. The second-order valence-corrected chi connectivity index (χ2v) is 9.20. The van der Waals surface area contributed by atoms with Gasteiger partial charge in [-0.2, -0.15) is 0 Å². The van der Waals surface area contributed by atoms with Crippen LogP contribution in [0.4, 0.5) is 0 Å².